The van der Waals surface area contributed by atoms with Crippen molar-refractivity contribution in [3.63, 3.8) is 0 Å². The standard InChI is InChI=1S/C20H30N4O/c1-7-24(14(2)3)13-17-8-10-18(11-9-17)20(25)22-15(4)19-12-21-23(6)16(19)5/h8-12,14-15H,7,13H2,1-6H3,(H,22,25). The molecule has 0 radical (unpaired) electrons. The lowest BCUT2D eigenvalue weighted by Crippen LogP contribution is -2.30. The summed E-state index contributed by atoms with van der Waals surface area (Å²) in [5.41, 5.74) is 4.02. The molecule has 5 heteroatoms. The number of aromatic nitrogens is 2. The molecule has 1 heterocycles. The Balaban J connectivity index is 2.01. The van der Waals surface area contributed by atoms with Gasteiger partial charge in [0.2, 0.25) is 0 Å². The number of benzene rings is 1. The van der Waals surface area contributed by atoms with Crippen LogP contribution in [-0.4, -0.2) is 33.2 Å². The van der Waals surface area contributed by atoms with E-state index in [-0.39, 0.29) is 11.9 Å². The van der Waals surface area contributed by atoms with Gasteiger partial charge in [-0.2, -0.15) is 5.10 Å². The van der Waals surface area contributed by atoms with Gasteiger partial charge in [-0.15, -0.1) is 0 Å². The Kier molecular flexibility index (Phi) is 6.37. The fourth-order valence-corrected chi connectivity index (χ4v) is 2.95. The van der Waals surface area contributed by atoms with Crippen molar-refractivity contribution in [3.05, 3.63) is 52.8 Å². The van der Waals surface area contributed by atoms with E-state index in [2.05, 4.69) is 36.1 Å². The molecule has 2 rings (SSSR count). The molecule has 5 nitrogen and oxygen atoms in total. The summed E-state index contributed by atoms with van der Waals surface area (Å²) in [6.07, 6.45) is 1.81. The molecule has 1 aromatic heterocycles. The van der Waals surface area contributed by atoms with Crippen LogP contribution in [0.1, 0.15) is 60.9 Å². The van der Waals surface area contributed by atoms with Crippen molar-refractivity contribution in [2.45, 2.75) is 53.2 Å². The van der Waals surface area contributed by atoms with E-state index in [0.717, 1.165) is 24.3 Å². The van der Waals surface area contributed by atoms with Crippen LogP contribution in [0.25, 0.3) is 0 Å². The number of amides is 1. The second-order valence-electron chi connectivity index (χ2n) is 6.86. The maximum Gasteiger partial charge on any atom is 0.251 e. The highest BCUT2D eigenvalue weighted by Crippen LogP contribution is 2.17. The van der Waals surface area contributed by atoms with Gasteiger partial charge in [0.25, 0.3) is 5.91 Å². The first kappa shape index (κ1) is 19.2. The summed E-state index contributed by atoms with van der Waals surface area (Å²) < 4.78 is 1.82. The van der Waals surface area contributed by atoms with Crippen LogP contribution in [0, 0.1) is 6.92 Å². The van der Waals surface area contributed by atoms with Gasteiger partial charge in [-0.25, -0.2) is 0 Å². The highest BCUT2D eigenvalue weighted by Gasteiger charge is 2.16. The summed E-state index contributed by atoms with van der Waals surface area (Å²) in [5.74, 6) is -0.0569. The number of nitrogens with one attached hydrogen (secondary N) is 1. The summed E-state index contributed by atoms with van der Waals surface area (Å²) >= 11 is 0. The van der Waals surface area contributed by atoms with E-state index in [4.69, 9.17) is 0 Å². The second kappa shape index (κ2) is 8.30. The van der Waals surface area contributed by atoms with E-state index in [9.17, 15) is 4.79 Å². The lowest BCUT2D eigenvalue weighted by molar-refractivity contribution is 0.0939. The monoisotopic (exact) mass is 342 g/mol. The highest BCUT2D eigenvalue weighted by molar-refractivity contribution is 5.94. The Morgan fingerprint density at radius 1 is 1.24 bits per heavy atom. The number of carbonyl (C=O) groups excluding carboxylic acids is 1. The molecule has 0 bridgehead atoms. The fraction of sp³-hybridized carbons (Fsp3) is 0.500. The molecule has 1 atom stereocenters. The average molecular weight is 342 g/mol. The van der Waals surface area contributed by atoms with E-state index >= 15 is 0 Å². The average Bonchev–Trinajstić information content (AvgIpc) is 2.92. The van der Waals surface area contributed by atoms with Crippen molar-refractivity contribution in [2.75, 3.05) is 6.54 Å². The third-order valence-electron chi connectivity index (χ3n) is 4.83. The molecule has 1 amide bonds. The zero-order valence-corrected chi connectivity index (χ0v) is 16.2. The summed E-state index contributed by atoms with van der Waals surface area (Å²) in [4.78, 5) is 14.9. The molecule has 0 fully saturated rings. The molecule has 25 heavy (non-hydrogen) atoms. The number of hydrogen-bond donors (Lipinski definition) is 1. The van der Waals surface area contributed by atoms with Crippen LogP contribution >= 0.6 is 0 Å². The first-order valence-electron chi connectivity index (χ1n) is 8.95. The van der Waals surface area contributed by atoms with Gasteiger partial charge in [-0.1, -0.05) is 19.1 Å². The zero-order chi connectivity index (χ0) is 18.6. The Morgan fingerprint density at radius 2 is 1.88 bits per heavy atom. The Bertz CT molecular complexity index is 703. The SMILES string of the molecule is CCN(Cc1ccc(C(=O)NC(C)c2cnn(C)c2C)cc1)C(C)C. The molecular formula is C20H30N4O. The van der Waals surface area contributed by atoms with Gasteiger partial charge in [0, 0.05) is 36.5 Å². The first-order valence-corrected chi connectivity index (χ1v) is 8.95. The summed E-state index contributed by atoms with van der Waals surface area (Å²) in [7, 11) is 1.91. The quantitative estimate of drug-likeness (QED) is 0.838. The maximum absolute atomic E-state index is 12.5. The van der Waals surface area contributed by atoms with Crippen molar-refractivity contribution < 1.29 is 4.79 Å². The van der Waals surface area contributed by atoms with Crippen molar-refractivity contribution in [1.29, 1.82) is 0 Å². The highest BCUT2D eigenvalue weighted by atomic mass is 16.1. The number of carbonyl (C=O) groups is 1. The number of nitrogens with zero attached hydrogens (tertiary/aromatic N) is 3. The summed E-state index contributed by atoms with van der Waals surface area (Å²) in [6, 6.07) is 8.33. The summed E-state index contributed by atoms with van der Waals surface area (Å²) in [6.45, 7) is 12.5. The Hall–Kier alpha value is -2.14. The van der Waals surface area contributed by atoms with Gasteiger partial charge < -0.3 is 5.32 Å². The molecular weight excluding hydrogens is 312 g/mol. The van der Waals surface area contributed by atoms with Crippen LogP contribution in [0.3, 0.4) is 0 Å². The predicted molar refractivity (Wildman–Crippen MR) is 101 cm³/mol. The van der Waals surface area contributed by atoms with Crippen LogP contribution < -0.4 is 5.32 Å². The van der Waals surface area contributed by atoms with Crippen molar-refractivity contribution in [1.82, 2.24) is 20.0 Å². The van der Waals surface area contributed by atoms with E-state index in [1.807, 2.05) is 56.0 Å². The molecule has 136 valence electrons. The van der Waals surface area contributed by atoms with Gasteiger partial charge >= 0.3 is 0 Å². The van der Waals surface area contributed by atoms with E-state index in [1.165, 1.54) is 5.56 Å². The molecule has 0 aliphatic rings. The van der Waals surface area contributed by atoms with Crippen LogP contribution in [0.15, 0.2) is 30.5 Å². The van der Waals surface area contributed by atoms with Crippen LogP contribution in [0.5, 0.6) is 0 Å². The van der Waals surface area contributed by atoms with E-state index in [1.54, 1.807) is 0 Å². The molecule has 0 saturated carbocycles. The number of aryl methyl sites for hydroxylation is 1. The van der Waals surface area contributed by atoms with E-state index in [0.29, 0.717) is 11.6 Å². The molecule has 1 N–H and O–H groups in total. The maximum atomic E-state index is 12.5. The molecule has 0 spiro atoms. The Labute approximate surface area is 151 Å². The molecule has 0 aliphatic carbocycles. The minimum Gasteiger partial charge on any atom is -0.345 e. The van der Waals surface area contributed by atoms with Gasteiger partial charge in [0.15, 0.2) is 0 Å². The van der Waals surface area contributed by atoms with Gasteiger partial charge in [0.1, 0.15) is 0 Å². The lowest BCUT2D eigenvalue weighted by Gasteiger charge is -2.24. The molecule has 0 saturated heterocycles. The van der Waals surface area contributed by atoms with Gasteiger partial charge in [-0.3, -0.25) is 14.4 Å². The minimum atomic E-state index is -0.0719. The van der Waals surface area contributed by atoms with Crippen molar-refractivity contribution >= 4 is 5.91 Å². The largest absolute Gasteiger partial charge is 0.345 e. The van der Waals surface area contributed by atoms with Crippen LogP contribution in [0.2, 0.25) is 0 Å². The fourth-order valence-electron chi connectivity index (χ4n) is 2.95. The number of hydrogen-bond acceptors (Lipinski definition) is 3. The van der Waals surface area contributed by atoms with Crippen molar-refractivity contribution in [3.8, 4) is 0 Å². The van der Waals surface area contributed by atoms with Gasteiger partial charge in [-0.05, 0) is 51.9 Å². The van der Waals surface area contributed by atoms with Crippen LogP contribution in [-0.2, 0) is 13.6 Å². The van der Waals surface area contributed by atoms with E-state index < -0.39 is 0 Å². The molecule has 1 unspecified atom stereocenters. The normalized spacial score (nSPS) is 12.6. The minimum absolute atomic E-state index is 0.0569. The van der Waals surface area contributed by atoms with Crippen LogP contribution in [0.4, 0.5) is 0 Å². The lowest BCUT2D eigenvalue weighted by atomic mass is 10.1. The topological polar surface area (TPSA) is 50.2 Å². The number of rotatable bonds is 7. The molecule has 1 aromatic carbocycles. The second-order valence-corrected chi connectivity index (χ2v) is 6.86. The Morgan fingerprint density at radius 3 is 2.36 bits per heavy atom. The summed E-state index contributed by atoms with van der Waals surface area (Å²) in [5, 5.41) is 7.29. The van der Waals surface area contributed by atoms with Gasteiger partial charge in [0.05, 0.1) is 12.2 Å². The smallest absolute Gasteiger partial charge is 0.251 e. The van der Waals surface area contributed by atoms with Crippen molar-refractivity contribution in [2.24, 2.45) is 7.05 Å². The third kappa shape index (κ3) is 4.69. The first-order chi connectivity index (χ1) is 11.8. The molecule has 2 aromatic rings. The predicted octanol–water partition coefficient (Wildman–Crippen LogP) is 3.45. The third-order valence-corrected chi connectivity index (χ3v) is 4.83. The zero-order valence-electron chi connectivity index (χ0n) is 16.2. The molecule has 0 aliphatic heterocycles.